The number of anilines is 1. The Balaban J connectivity index is 1.35. The summed E-state index contributed by atoms with van der Waals surface area (Å²) in [6, 6.07) is 21.7. The number of aliphatic carboxylic acids is 1. The van der Waals surface area contributed by atoms with Gasteiger partial charge in [0, 0.05) is 18.9 Å². The number of allylic oxidation sites excluding steroid dienone is 2. The fourth-order valence-electron chi connectivity index (χ4n) is 9.11. The van der Waals surface area contributed by atoms with Gasteiger partial charge in [0.05, 0.1) is 35.5 Å². The normalized spacial score (nSPS) is 26.5. The van der Waals surface area contributed by atoms with E-state index < -0.39 is 52.8 Å². The molecule has 0 bridgehead atoms. The summed E-state index contributed by atoms with van der Waals surface area (Å²) >= 11 is 0. The van der Waals surface area contributed by atoms with Crippen LogP contribution in [0, 0.1) is 30.6 Å². The van der Waals surface area contributed by atoms with Crippen molar-refractivity contribution < 1.29 is 38.9 Å². The quantitative estimate of drug-likeness (QED) is 0.122. The first kappa shape index (κ1) is 35.0. The molecule has 0 aromatic heterocycles. The third kappa shape index (κ3) is 5.72. The maximum absolute atomic E-state index is 15.3. The first-order valence-corrected chi connectivity index (χ1v) is 18.1. The minimum atomic E-state index is -1.43. The van der Waals surface area contributed by atoms with Gasteiger partial charge in [0.25, 0.3) is 11.8 Å². The number of phenols is 1. The number of hydrogen-bond donors (Lipinski definition) is 3. The Bertz CT molecular complexity index is 1940. The summed E-state index contributed by atoms with van der Waals surface area (Å²) in [6.07, 6.45) is 4.02. The number of hydrazine groups is 1. The number of imide groups is 2. The molecule has 0 spiro atoms. The maximum Gasteiger partial charge on any atom is 0.303 e. The Morgan fingerprint density at radius 3 is 2.38 bits per heavy atom. The van der Waals surface area contributed by atoms with E-state index in [1.807, 2.05) is 74.5 Å². The molecule has 4 amide bonds. The van der Waals surface area contributed by atoms with Crippen LogP contribution >= 0.6 is 0 Å². The van der Waals surface area contributed by atoms with Crippen molar-refractivity contribution in [2.45, 2.75) is 63.7 Å². The second-order valence-corrected chi connectivity index (χ2v) is 14.3. The van der Waals surface area contributed by atoms with Crippen molar-refractivity contribution in [1.29, 1.82) is 0 Å². The highest BCUT2D eigenvalue weighted by molar-refractivity contribution is 6.13. The lowest BCUT2D eigenvalue weighted by Crippen LogP contribution is -2.53. The molecule has 3 fully saturated rings. The monoisotopic (exact) mass is 705 g/mol. The number of likely N-dealkylation sites (tertiary alicyclic amines) is 1. The summed E-state index contributed by atoms with van der Waals surface area (Å²) in [6.45, 7) is 4.25. The summed E-state index contributed by atoms with van der Waals surface area (Å²) in [5.74, 6) is -5.56. The molecule has 2 aliphatic carbocycles. The van der Waals surface area contributed by atoms with Crippen molar-refractivity contribution >= 4 is 35.3 Å². The molecule has 2 aliphatic heterocycles. The van der Waals surface area contributed by atoms with Crippen LogP contribution in [0.1, 0.15) is 68.1 Å². The van der Waals surface area contributed by atoms with Gasteiger partial charge in [0.2, 0.25) is 11.8 Å². The number of hydrogen-bond acceptors (Lipinski definition) is 8. The molecule has 52 heavy (non-hydrogen) atoms. The molecule has 6 atom stereocenters. The van der Waals surface area contributed by atoms with E-state index >= 15 is 4.79 Å². The van der Waals surface area contributed by atoms with E-state index in [9.17, 15) is 24.3 Å². The maximum atomic E-state index is 15.3. The lowest BCUT2D eigenvalue weighted by molar-refractivity contribution is -0.141. The second kappa shape index (κ2) is 13.9. The van der Waals surface area contributed by atoms with Gasteiger partial charge in [-0.05, 0) is 80.8 Å². The molecule has 11 heteroatoms. The van der Waals surface area contributed by atoms with E-state index in [0.29, 0.717) is 42.5 Å². The first-order valence-electron chi connectivity index (χ1n) is 18.1. The average Bonchev–Trinajstić information content (AvgIpc) is 3.51. The van der Waals surface area contributed by atoms with Gasteiger partial charge in [-0.3, -0.25) is 34.3 Å². The van der Waals surface area contributed by atoms with Crippen molar-refractivity contribution in [1.82, 2.24) is 9.91 Å². The third-order valence-electron chi connectivity index (χ3n) is 11.4. The number of amides is 4. The summed E-state index contributed by atoms with van der Waals surface area (Å²) in [7, 11) is 0. The van der Waals surface area contributed by atoms with Crippen LogP contribution in [-0.4, -0.2) is 62.9 Å². The van der Waals surface area contributed by atoms with E-state index in [2.05, 4.69) is 5.43 Å². The van der Waals surface area contributed by atoms with Crippen molar-refractivity contribution in [3.63, 3.8) is 0 Å². The fourth-order valence-corrected chi connectivity index (χ4v) is 9.11. The molecule has 11 nitrogen and oxygen atoms in total. The zero-order valence-corrected chi connectivity index (χ0v) is 29.3. The van der Waals surface area contributed by atoms with Crippen LogP contribution in [0.3, 0.4) is 0 Å². The highest BCUT2D eigenvalue weighted by Gasteiger charge is 2.70. The minimum Gasteiger partial charge on any atom is -0.504 e. The molecule has 1 saturated carbocycles. The van der Waals surface area contributed by atoms with E-state index in [0.717, 1.165) is 16.1 Å². The van der Waals surface area contributed by atoms with Gasteiger partial charge in [-0.1, -0.05) is 72.2 Å². The van der Waals surface area contributed by atoms with E-state index in [1.54, 1.807) is 12.1 Å². The van der Waals surface area contributed by atoms with Crippen LogP contribution in [0.4, 0.5) is 5.69 Å². The van der Waals surface area contributed by atoms with Gasteiger partial charge >= 0.3 is 5.97 Å². The first-order chi connectivity index (χ1) is 25.1. The number of rotatable bonds is 12. The Morgan fingerprint density at radius 2 is 1.67 bits per heavy atom. The highest BCUT2D eigenvalue weighted by atomic mass is 16.5. The standard InChI is InChI=1S/C41H43N3O8/c1-3-52-33-22-25(15-20-32(33)45)36-28-18-19-29-35(39(50)43(37(29)48)21-9-5-8-12-34(46)47)30(28)23-31-38(49)44(42-27-16-13-24(2)14-17-27)40(51)41(31,36)26-10-6-4-7-11-26/h4,6-7,10-11,13-18,20,22,29-31,35-36,42,45H,3,5,8-9,12,19,21,23H2,1-2H3,(H,46,47)/t29-,30+,31-,35-,36-,41+/m0/s1. The van der Waals surface area contributed by atoms with E-state index in [1.165, 1.54) is 11.0 Å². The smallest absolute Gasteiger partial charge is 0.303 e. The molecular weight excluding hydrogens is 662 g/mol. The Hall–Kier alpha value is -5.45. The van der Waals surface area contributed by atoms with Gasteiger partial charge < -0.3 is 14.9 Å². The molecule has 270 valence electrons. The molecule has 2 heterocycles. The number of fused-ring (bicyclic) bond motifs is 4. The third-order valence-corrected chi connectivity index (χ3v) is 11.4. The van der Waals surface area contributed by atoms with E-state index in [-0.39, 0.29) is 49.3 Å². The summed E-state index contributed by atoms with van der Waals surface area (Å²) in [5.41, 5.74) is 5.39. The summed E-state index contributed by atoms with van der Waals surface area (Å²) in [5, 5.41) is 20.9. The Kier molecular flexibility index (Phi) is 9.37. The molecule has 0 radical (unpaired) electrons. The molecule has 7 rings (SSSR count). The number of aryl methyl sites for hydroxylation is 1. The number of ether oxygens (including phenoxy) is 1. The average molecular weight is 706 g/mol. The lowest BCUT2D eigenvalue weighted by atomic mass is 9.49. The van der Waals surface area contributed by atoms with Crippen molar-refractivity contribution in [3.05, 3.63) is 101 Å². The largest absolute Gasteiger partial charge is 0.504 e. The molecular formula is C41H43N3O8. The molecule has 0 unspecified atom stereocenters. The number of carbonyl (C=O) groups excluding carboxylic acids is 4. The van der Waals surface area contributed by atoms with Crippen LogP contribution in [0.25, 0.3) is 0 Å². The Labute approximate surface area is 302 Å². The second-order valence-electron chi connectivity index (χ2n) is 14.3. The molecule has 3 aromatic rings. The Morgan fingerprint density at radius 1 is 0.923 bits per heavy atom. The number of aromatic hydroxyl groups is 1. The van der Waals surface area contributed by atoms with Crippen molar-refractivity contribution in [2.75, 3.05) is 18.6 Å². The molecule has 3 aromatic carbocycles. The number of phenolic OH excluding ortho intramolecular Hbond substituents is 1. The number of carboxylic acid groups (broad SMARTS) is 1. The van der Waals surface area contributed by atoms with Crippen LogP contribution in [0.2, 0.25) is 0 Å². The van der Waals surface area contributed by atoms with Gasteiger partial charge in [-0.25, -0.2) is 0 Å². The lowest BCUT2D eigenvalue weighted by Gasteiger charge is -2.50. The molecule has 3 N–H and O–H groups in total. The van der Waals surface area contributed by atoms with Crippen molar-refractivity contribution in [2.24, 2.45) is 23.7 Å². The number of nitrogens with one attached hydrogen (secondary N) is 1. The topological polar surface area (TPSA) is 154 Å². The van der Waals surface area contributed by atoms with Crippen LogP contribution in [-0.2, 0) is 29.4 Å². The fraction of sp³-hybridized carbons (Fsp3) is 0.390. The number of carboxylic acids is 1. The highest BCUT2D eigenvalue weighted by Crippen LogP contribution is 2.64. The summed E-state index contributed by atoms with van der Waals surface area (Å²) < 4.78 is 5.81. The SMILES string of the molecule is CCOc1cc([C@H]2C3=CC[C@@H]4C(=O)N(CCCCCC(=O)O)C(=O)[C@@H]4[C@@H]3C[C@H]3C(=O)N(Nc4ccc(C)cc4)C(=O)[C@@]23c2ccccc2)ccc1O. The predicted molar refractivity (Wildman–Crippen MR) is 191 cm³/mol. The zero-order chi connectivity index (χ0) is 36.7. The van der Waals surface area contributed by atoms with Gasteiger partial charge in [0.1, 0.15) is 0 Å². The molecule has 2 saturated heterocycles. The zero-order valence-electron chi connectivity index (χ0n) is 29.3. The van der Waals surface area contributed by atoms with Gasteiger partial charge in [-0.2, -0.15) is 5.01 Å². The van der Waals surface area contributed by atoms with Crippen molar-refractivity contribution in [3.8, 4) is 11.5 Å². The number of unbranched alkanes of at least 4 members (excludes halogenated alkanes) is 2. The van der Waals surface area contributed by atoms with Crippen LogP contribution in [0.5, 0.6) is 11.5 Å². The molecule has 4 aliphatic rings. The minimum absolute atomic E-state index is 0.0270. The predicted octanol–water partition coefficient (Wildman–Crippen LogP) is 5.73. The number of carbonyl (C=O) groups is 5. The van der Waals surface area contributed by atoms with Crippen LogP contribution < -0.4 is 10.2 Å². The van der Waals surface area contributed by atoms with Gasteiger partial charge in [-0.15, -0.1) is 0 Å². The van der Waals surface area contributed by atoms with Gasteiger partial charge in [0.15, 0.2) is 11.5 Å². The van der Waals surface area contributed by atoms with Crippen LogP contribution in [0.15, 0.2) is 84.4 Å². The van der Waals surface area contributed by atoms with E-state index in [4.69, 9.17) is 9.84 Å². The number of nitrogens with zero attached hydrogens (tertiary/aromatic N) is 2. The number of benzene rings is 3. The summed E-state index contributed by atoms with van der Waals surface area (Å²) in [4.78, 5) is 70.4.